The lowest BCUT2D eigenvalue weighted by molar-refractivity contribution is -0.500. The first-order chi connectivity index (χ1) is 5.04. The van der Waals surface area contributed by atoms with Gasteiger partial charge in [0, 0.05) is 18.3 Å². The first-order valence-electron chi connectivity index (χ1n) is 4.27. The van der Waals surface area contributed by atoms with Gasteiger partial charge in [0.05, 0.1) is 0 Å². The molecule has 0 bridgehead atoms. The van der Waals surface area contributed by atoms with Gasteiger partial charge in [-0.05, 0) is 0 Å². The Morgan fingerprint density at radius 2 is 2.18 bits per heavy atom. The van der Waals surface area contributed by atoms with Crippen molar-refractivity contribution in [2.24, 2.45) is 5.41 Å². The molecule has 0 radical (unpaired) electrons. The van der Waals surface area contributed by atoms with Gasteiger partial charge >= 0.3 is 0 Å². The van der Waals surface area contributed by atoms with E-state index in [2.05, 4.69) is 25.8 Å². The zero-order valence-electron chi connectivity index (χ0n) is 7.65. The second kappa shape index (κ2) is 2.94. The molecule has 2 N–H and O–H groups in total. The number of hydrogen-bond donors (Lipinski definition) is 2. The number of nitrogens with one attached hydrogen (secondary N) is 1. The molecule has 2 heteroatoms. The summed E-state index contributed by atoms with van der Waals surface area (Å²) in [5.74, 6) is 0. The average molecular weight is 156 g/mol. The minimum Gasteiger partial charge on any atom is -0.389 e. The van der Waals surface area contributed by atoms with Crippen LogP contribution < -0.4 is 4.99 Å². The van der Waals surface area contributed by atoms with E-state index in [1.807, 2.05) is 0 Å². The predicted octanol–water partition coefficient (Wildman–Crippen LogP) is -0.291. The van der Waals surface area contributed by atoms with Crippen LogP contribution in [0.5, 0.6) is 0 Å². The molecular formula is C9H18NO+. The van der Waals surface area contributed by atoms with Crippen LogP contribution >= 0.6 is 0 Å². The number of aliphatic hydroxyl groups excluding tert-OH is 1. The third-order valence-corrected chi connectivity index (χ3v) is 2.25. The lowest BCUT2D eigenvalue weighted by Crippen LogP contribution is -2.78. The first-order valence-corrected chi connectivity index (χ1v) is 4.27. The Morgan fingerprint density at radius 3 is 2.45 bits per heavy atom. The molecule has 0 aromatic heterocycles. The molecule has 0 aromatic carbocycles. The predicted molar refractivity (Wildman–Crippen MR) is 45.5 cm³/mol. The first kappa shape index (κ1) is 8.72. The smallest absolute Gasteiger partial charge is 0.174 e. The van der Waals surface area contributed by atoms with Crippen molar-refractivity contribution in [2.75, 3.05) is 6.61 Å². The van der Waals surface area contributed by atoms with Gasteiger partial charge in [0.15, 0.2) is 11.8 Å². The second-order valence-electron chi connectivity index (χ2n) is 4.29. The molecule has 1 rings (SSSR count). The lowest BCUT2D eigenvalue weighted by atomic mass is 9.88. The highest BCUT2D eigenvalue weighted by Crippen LogP contribution is 2.18. The van der Waals surface area contributed by atoms with Crippen molar-refractivity contribution < 1.29 is 10.1 Å². The molecule has 0 spiro atoms. The van der Waals surface area contributed by atoms with Crippen LogP contribution in [0, 0.1) is 5.41 Å². The Kier molecular flexibility index (Phi) is 2.33. The highest BCUT2D eigenvalue weighted by Gasteiger charge is 2.31. The monoisotopic (exact) mass is 156 g/mol. The van der Waals surface area contributed by atoms with E-state index in [1.165, 1.54) is 5.71 Å². The van der Waals surface area contributed by atoms with E-state index in [0.717, 1.165) is 12.8 Å². The van der Waals surface area contributed by atoms with E-state index in [4.69, 9.17) is 5.11 Å². The van der Waals surface area contributed by atoms with E-state index in [-0.39, 0.29) is 12.0 Å². The van der Waals surface area contributed by atoms with E-state index >= 15 is 0 Å². The number of hydrogen-bond acceptors (Lipinski definition) is 1. The van der Waals surface area contributed by atoms with Crippen LogP contribution in [0.2, 0.25) is 0 Å². The minimum atomic E-state index is 0.254. The summed E-state index contributed by atoms with van der Waals surface area (Å²) in [5.41, 5.74) is 1.64. The van der Waals surface area contributed by atoms with Crippen LogP contribution in [0.15, 0.2) is 0 Å². The summed E-state index contributed by atoms with van der Waals surface area (Å²) in [6.07, 6.45) is 2.21. The normalized spacial score (nSPS) is 25.5. The minimum absolute atomic E-state index is 0.254. The highest BCUT2D eigenvalue weighted by atomic mass is 16.3. The molecule has 0 saturated carbocycles. The van der Waals surface area contributed by atoms with Crippen molar-refractivity contribution in [1.82, 2.24) is 0 Å². The zero-order valence-corrected chi connectivity index (χ0v) is 7.65. The highest BCUT2D eigenvalue weighted by molar-refractivity contribution is 5.84. The summed E-state index contributed by atoms with van der Waals surface area (Å²) in [6, 6.07) is 0.309. The SMILES string of the molecule is CC(C)(C)C1=[NH+][C@H](CO)CC1. The van der Waals surface area contributed by atoms with E-state index in [1.54, 1.807) is 0 Å². The van der Waals surface area contributed by atoms with Crippen molar-refractivity contribution >= 4 is 5.71 Å². The Balaban J connectivity index is 2.62. The van der Waals surface area contributed by atoms with Crippen molar-refractivity contribution in [3.05, 3.63) is 0 Å². The van der Waals surface area contributed by atoms with Crippen molar-refractivity contribution in [3.8, 4) is 0 Å². The van der Waals surface area contributed by atoms with Gasteiger partial charge < -0.3 is 5.11 Å². The number of aliphatic hydroxyl groups is 1. The van der Waals surface area contributed by atoms with Crippen molar-refractivity contribution in [3.63, 3.8) is 0 Å². The van der Waals surface area contributed by atoms with Gasteiger partial charge in [-0.3, -0.25) is 0 Å². The molecule has 0 aliphatic carbocycles. The average Bonchev–Trinajstić information content (AvgIpc) is 2.32. The Morgan fingerprint density at radius 1 is 1.55 bits per heavy atom. The molecule has 64 valence electrons. The molecule has 1 heterocycles. The Hall–Kier alpha value is -0.370. The van der Waals surface area contributed by atoms with Gasteiger partial charge in [0.25, 0.3) is 0 Å². The van der Waals surface area contributed by atoms with E-state index in [0.29, 0.717) is 6.04 Å². The quantitative estimate of drug-likeness (QED) is 0.537. The van der Waals surface area contributed by atoms with E-state index in [9.17, 15) is 0 Å². The van der Waals surface area contributed by atoms with Gasteiger partial charge in [-0.15, -0.1) is 0 Å². The van der Waals surface area contributed by atoms with Crippen LogP contribution in [-0.4, -0.2) is 23.5 Å². The van der Waals surface area contributed by atoms with Crippen LogP contribution in [-0.2, 0) is 0 Å². The molecule has 1 aliphatic heterocycles. The fraction of sp³-hybridized carbons (Fsp3) is 0.889. The maximum atomic E-state index is 8.87. The van der Waals surface area contributed by atoms with Crippen LogP contribution in [0.1, 0.15) is 33.6 Å². The van der Waals surface area contributed by atoms with Gasteiger partial charge in [-0.25, -0.2) is 4.99 Å². The number of rotatable bonds is 1. The molecule has 1 aliphatic rings. The third-order valence-electron chi connectivity index (χ3n) is 2.25. The van der Waals surface area contributed by atoms with Crippen LogP contribution in [0.25, 0.3) is 0 Å². The molecule has 0 amide bonds. The topological polar surface area (TPSA) is 34.2 Å². The fourth-order valence-corrected chi connectivity index (χ4v) is 1.44. The molecule has 0 fully saturated rings. The van der Waals surface area contributed by atoms with Gasteiger partial charge in [-0.2, -0.15) is 0 Å². The maximum absolute atomic E-state index is 8.87. The fourth-order valence-electron chi connectivity index (χ4n) is 1.44. The van der Waals surface area contributed by atoms with Crippen molar-refractivity contribution in [2.45, 2.75) is 39.7 Å². The maximum Gasteiger partial charge on any atom is 0.174 e. The summed E-state index contributed by atoms with van der Waals surface area (Å²) in [7, 11) is 0. The van der Waals surface area contributed by atoms with Gasteiger partial charge in [0.1, 0.15) is 6.61 Å². The Bertz CT molecular complexity index is 167. The lowest BCUT2D eigenvalue weighted by Gasteiger charge is -2.12. The van der Waals surface area contributed by atoms with Gasteiger partial charge in [0.2, 0.25) is 0 Å². The summed E-state index contributed by atoms with van der Waals surface area (Å²) < 4.78 is 0. The standard InChI is InChI=1S/C9H17NO/c1-9(2,3)8-5-4-7(6-11)10-8/h7,11H,4-6H2,1-3H3/p+1/t7-/m0/s1. The summed E-state index contributed by atoms with van der Waals surface area (Å²) in [6.45, 7) is 6.87. The second-order valence-corrected chi connectivity index (χ2v) is 4.29. The third kappa shape index (κ3) is 2.03. The largest absolute Gasteiger partial charge is 0.389 e. The van der Waals surface area contributed by atoms with Crippen molar-refractivity contribution in [1.29, 1.82) is 0 Å². The zero-order chi connectivity index (χ0) is 8.48. The Labute approximate surface area is 68.3 Å². The van der Waals surface area contributed by atoms with Gasteiger partial charge in [-0.1, -0.05) is 20.8 Å². The summed E-state index contributed by atoms with van der Waals surface area (Å²) >= 11 is 0. The molecule has 0 aromatic rings. The molecule has 0 unspecified atom stereocenters. The molecular weight excluding hydrogens is 138 g/mol. The van der Waals surface area contributed by atoms with Crippen LogP contribution in [0.3, 0.4) is 0 Å². The van der Waals surface area contributed by atoms with Crippen LogP contribution in [0.4, 0.5) is 0 Å². The molecule has 0 saturated heterocycles. The summed E-state index contributed by atoms with van der Waals surface area (Å²) in [5, 5.41) is 8.87. The molecule has 1 atom stereocenters. The molecule has 2 nitrogen and oxygen atoms in total. The summed E-state index contributed by atoms with van der Waals surface area (Å²) in [4.78, 5) is 3.35. The van der Waals surface area contributed by atoms with E-state index < -0.39 is 0 Å². The molecule has 11 heavy (non-hydrogen) atoms.